The first kappa shape index (κ1) is 6.39. The van der Waals surface area contributed by atoms with Gasteiger partial charge in [-0.3, -0.25) is 0 Å². The molecule has 0 aromatic carbocycles. The molecule has 0 aromatic heterocycles. The van der Waals surface area contributed by atoms with Gasteiger partial charge in [0.1, 0.15) is 0 Å². The van der Waals surface area contributed by atoms with E-state index in [0.717, 1.165) is 6.08 Å². The molecule has 0 amide bonds. The number of alkyl halides is 3. The van der Waals surface area contributed by atoms with Crippen molar-refractivity contribution in [2.75, 3.05) is 0 Å². The number of rotatable bonds is 0. The molecule has 0 bridgehead atoms. The summed E-state index contributed by atoms with van der Waals surface area (Å²) < 4.78 is 34.9. The third-order valence-electron chi connectivity index (χ3n) is 1.23. The van der Waals surface area contributed by atoms with Gasteiger partial charge in [0.25, 0.3) is 0 Å². The minimum atomic E-state index is -4.14. The maximum Gasteiger partial charge on any atom is 0.416 e. The van der Waals surface area contributed by atoms with Gasteiger partial charge in [-0.05, 0) is 18.6 Å². The second-order valence-corrected chi connectivity index (χ2v) is 1.93. The molecular weight excluding hydrogens is 129 g/mol. The second kappa shape index (κ2) is 1.62. The molecule has 0 atom stereocenters. The van der Waals surface area contributed by atoms with Gasteiger partial charge in [0.15, 0.2) is 0 Å². The van der Waals surface area contributed by atoms with E-state index in [1.807, 2.05) is 0 Å². The number of halogens is 3. The number of hydrogen-bond acceptors (Lipinski definition) is 0. The summed E-state index contributed by atoms with van der Waals surface area (Å²) >= 11 is 0. The van der Waals surface area contributed by atoms with Gasteiger partial charge in [0, 0.05) is 0 Å². The van der Waals surface area contributed by atoms with E-state index in [2.05, 4.69) is 0 Å². The van der Waals surface area contributed by atoms with E-state index in [1.54, 1.807) is 0 Å². The van der Waals surface area contributed by atoms with Crippen LogP contribution >= 0.6 is 0 Å². The Balaban J connectivity index is 2.68. The summed E-state index contributed by atoms with van der Waals surface area (Å²) in [5, 5.41) is 0. The Morgan fingerprint density at radius 2 is 1.78 bits per heavy atom. The molecule has 0 saturated carbocycles. The van der Waals surface area contributed by atoms with Crippen molar-refractivity contribution in [2.45, 2.75) is 13.1 Å². The summed E-state index contributed by atoms with van der Waals surface area (Å²) in [5.74, 6) is 0. The third-order valence-corrected chi connectivity index (χ3v) is 1.23. The van der Waals surface area contributed by atoms with E-state index in [0.29, 0.717) is 5.57 Å². The lowest BCUT2D eigenvalue weighted by molar-refractivity contribution is -0.0901. The molecular formula is C6H5F3. The van der Waals surface area contributed by atoms with Gasteiger partial charge in [-0.15, -0.1) is 0 Å². The van der Waals surface area contributed by atoms with Crippen LogP contribution in [0.4, 0.5) is 13.2 Å². The van der Waals surface area contributed by atoms with Gasteiger partial charge >= 0.3 is 6.18 Å². The highest BCUT2D eigenvalue weighted by atomic mass is 19.4. The summed E-state index contributed by atoms with van der Waals surface area (Å²) in [7, 11) is 0. The SMILES string of the molecule is CC1=CC=C1C(F)(F)F. The Morgan fingerprint density at radius 3 is 1.78 bits per heavy atom. The predicted molar refractivity (Wildman–Crippen MR) is 27.9 cm³/mol. The smallest absolute Gasteiger partial charge is 0.166 e. The van der Waals surface area contributed by atoms with Crippen LogP contribution in [0.1, 0.15) is 6.92 Å². The summed E-state index contributed by atoms with van der Waals surface area (Å²) in [6, 6.07) is 0. The second-order valence-electron chi connectivity index (χ2n) is 1.93. The van der Waals surface area contributed by atoms with Gasteiger partial charge < -0.3 is 0 Å². The molecule has 50 valence electrons. The molecule has 1 rings (SSSR count). The molecule has 3 heteroatoms. The lowest BCUT2D eigenvalue weighted by Crippen LogP contribution is -2.15. The molecule has 0 saturated heterocycles. The van der Waals surface area contributed by atoms with Crippen LogP contribution in [0.3, 0.4) is 0 Å². The summed E-state index contributed by atoms with van der Waals surface area (Å²) in [6.45, 7) is 1.45. The van der Waals surface area contributed by atoms with E-state index < -0.39 is 11.7 Å². The zero-order chi connectivity index (χ0) is 7.07. The Morgan fingerprint density at radius 1 is 1.22 bits per heavy atom. The predicted octanol–water partition coefficient (Wildman–Crippen LogP) is 2.44. The zero-order valence-corrected chi connectivity index (χ0v) is 4.79. The van der Waals surface area contributed by atoms with Gasteiger partial charge in [-0.1, -0.05) is 6.08 Å². The first-order valence-electron chi connectivity index (χ1n) is 2.48. The molecule has 0 radical (unpaired) electrons. The highest BCUT2D eigenvalue weighted by molar-refractivity contribution is 5.46. The van der Waals surface area contributed by atoms with Crippen molar-refractivity contribution in [3.05, 3.63) is 23.3 Å². The fraction of sp³-hybridized carbons (Fsp3) is 0.333. The first-order valence-corrected chi connectivity index (χ1v) is 2.48. The molecule has 0 spiro atoms. The number of allylic oxidation sites excluding steroid dienone is 4. The van der Waals surface area contributed by atoms with Crippen molar-refractivity contribution < 1.29 is 13.2 Å². The quantitative estimate of drug-likeness (QED) is 0.477. The molecule has 0 fully saturated rings. The molecule has 0 nitrogen and oxygen atoms in total. The first-order chi connectivity index (χ1) is 4.02. The Labute approximate surface area is 50.7 Å². The average molecular weight is 134 g/mol. The molecule has 0 aromatic rings. The van der Waals surface area contributed by atoms with Crippen LogP contribution in [0.25, 0.3) is 0 Å². The Hall–Kier alpha value is -0.730. The van der Waals surface area contributed by atoms with E-state index in [9.17, 15) is 13.2 Å². The normalized spacial score (nSPS) is 18.2. The average Bonchev–Trinajstić information content (AvgIpc) is 1.57. The maximum atomic E-state index is 11.6. The van der Waals surface area contributed by atoms with Gasteiger partial charge in [0.05, 0.1) is 5.57 Å². The molecule has 1 aliphatic carbocycles. The molecule has 0 unspecified atom stereocenters. The van der Waals surface area contributed by atoms with E-state index in [-0.39, 0.29) is 0 Å². The molecule has 0 aliphatic heterocycles. The summed E-state index contributed by atoms with van der Waals surface area (Å²) in [6.07, 6.45) is -1.61. The monoisotopic (exact) mass is 134 g/mol. The highest BCUT2D eigenvalue weighted by Gasteiger charge is 2.36. The summed E-state index contributed by atoms with van der Waals surface area (Å²) in [4.78, 5) is 0. The standard InChI is InChI=1S/C6H5F3/c1-4-2-3-5(4)6(7,8)9/h2-3H,1H3. The van der Waals surface area contributed by atoms with Gasteiger partial charge in [0.2, 0.25) is 0 Å². The maximum absolute atomic E-state index is 11.6. The zero-order valence-electron chi connectivity index (χ0n) is 4.79. The molecule has 0 N–H and O–H groups in total. The van der Waals surface area contributed by atoms with Crippen molar-refractivity contribution in [1.29, 1.82) is 0 Å². The van der Waals surface area contributed by atoms with Crippen LogP contribution in [0.15, 0.2) is 23.3 Å². The fourth-order valence-electron chi connectivity index (χ4n) is 0.651. The molecule has 0 heterocycles. The minimum absolute atomic E-state index is 0.322. The van der Waals surface area contributed by atoms with Crippen molar-refractivity contribution in [3.63, 3.8) is 0 Å². The van der Waals surface area contributed by atoms with Crippen LogP contribution in [0.2, 0.25) is 0 Å². The minimum Gasteiger partial charge on any atom is -0.166 e. The largest absolute Gasteiger partial charge is 0.416 e. The van der Waals surface area contributed by atoms with Crippen molar-refractivity contribution in [3.8, 4) is 0 Å². The number of hydrogen-bond donors (Lipinski definition) is 0. The van der Waals surface area contributed by atoms with Crippen LogP contribution < -0.4 is 0 Å². The highest BCUT2D eigenvalue weighted by Crippen LogP contribution is 2.35. The van der Waals surface area contributed by atoms with Gasteiger partial charge in [-0.2, -0.15) is 13.2 Å². The van der Waals surface area contributed by atoms with Crippen molar-refractivity contribution in [1.82, 2.24) is 0 Å². The van der Waals surface area contributed by atoms with E-state index in [1.165, 1.54) is 13.0 Å². The topological polar surface area (TPSA) is 0 Å². The summed E-state index contributed by atoms with van der Waals surface area (Å²) in [5.41, 5.74) is -0.176. The third kappa shape index (κ3) is 0.992. The van der Waals surface area contributed by atoms with E-state index in [4.69, 9.17) is 0 Å². The lowest BCUT2D eigenvalue weighted by Gasteiger charge is -2.16. The van der Waals surface area contributed by atoms with Gasteiger partial charge in [-0.25, -0.2) is 0 Å². The van der Waals surface area contributed by atoms with Crippen molar-refractivity contribution >= 4 is 0 Å². The lowest BCUT2D eigenvalue weighted by atomic mass is 9.98. The Bertz CT molecular complexity index is 183. The Kier molecular flexibility index (Phi) is 1.15. The van der Waals surface area contributed by atoms with Crippen LogP contribution in [0.5, 0.6) is 0 Å². The van der Waals surface area contributed by atoms with E-state index >= 15 is 0 Å². The molecule has 1 aliphatic rings. The fourth-order valence-corrected chi connectivity index (χ4v) is 0.651. The van der Waals surface area contributed by atoms with Crippen LogP contribution in [-0.2, 0) is 0 Å². The van der Waals surface area contributed by atoms with Crippen LogP contribution in [0, 0.1) is 0 Å². The van der Waals surface area contributed by atoms with Crippen molar-refractivity contribution in [2.24, 2.45) is 0 Å². The molecule has 9 heavy (non-hydrogen) atoms. The van der Waals surface area contributed by atoms with Crippen LogP contribution in [-0.4, -0.2) is 6.18 Å².